The monoisotopic (exact) mass is 287 g/mol. The van der Waals surface area contributed by atoms with Crippen molar-refractivity contribution in [3.05, 3.63) is 47.8 Å². The Kier molecular flexibility index (Phi) is 3.44. The fraction of sp³-hybridized carbons (Fsp3) is 0. The van der Waals surface area contributed by atoms with Crippen molar-refractivity contribution < 1.29 is 12.8 Å². The van der Waals surface area contributed by atoms with Gasteiger partial charge < -0.3 is 0 Å². The molecule has 0 saturated heterocycles. The van der Waals surface area contributed by atoms with E-state index < -0.39 is 15.8 Å². The minimum absolute atomic E-state index is 0.0324. The largest absolute Gasteiger partial charge is 0.278 e. The van der Waals surface area contributed by atoms with E-state index in [0.717, 1.165) is 18.5 Å². The number of hydrogen-bond acceptors (Lipinski definition) is 4. The highest BCUT2D eigenvalue weighted by atomic mass is 35.5. The summed E-state index contributed by atoms with van der Waals surface area (Å²) < 4.78 is 38.8. The van der Waals surface area contributed by atoms with E-state index in [4.69, 9.17) is 11.6 Å². The Labute approximate surface area is 108 Å². The maximum absolute atomic E-state index is 12.9. The fourth-order valence-corrected chi connectivity index (χ4v) is 2.29. The molecule has 2 heterocycles. The van der Waals surface area contributed by atoms with Crippen molar-refractivity contribution in [2.45, 2.75) is 4.90 Å². The maximum Gasteiger partial charge on any atom is 0.263 e. The van der Waals surface area contributed by atoms with Gasteiger partial charge in [-0.2, -0.15) is 0 Å². The molecule has 0 unspecified atom stereocenters. The second-order valence-corrected chi connectivity index (χ2v) is 5.38. The van der Waals surface area contributed by atoms with E-state index in [9.17, 15) is 12.8 Å². The lowest BCUT2D eigenvalue weighted by Gasteiger charge is -2.07. The summed E-state index contributed by atoms with van der Waals surface area (Å²) in [6.07, 6.45) is 3.28. The number of anilines is 1. The molecule has 0 saturated carbocycles. The lowest BCUT2D eigenvalue weighted by molar-refractivity contribution is 0.600. The molecule has 0 aromatic carbocycles. The third kappa shape index (κ3) is 2.93. The zero-order valence-electron chi connectivity index (χ0n) is 8.84. The first-order valence-electron chi connectivity index (χ1n) is 4.72. The van der Waals surface area contributed by atoms with Crippen molar-refractivity contribution in [1.82, 2.24) is 9.97 Å². The summed E-state index contributed by atoms with van der Waals surface area (Å²) >= 11 is 5.56. The Balaban J connectivity index is 2.30. The molecule has 0 atom stereocenters. The Hall–Kier alpha value is -1.73. The number of halogens is 2. The van der Waals surface area contributed by atoms with Gasteiger partial charge in [-0.3, -0.25) is 9.71 Å². The normalized spacial score (nSPS) is 11.2. The molecule has 8 heteroatoms. The zero-order valence-corrected chi connectivity index (χ0v) is 10.4. The molecule has 0 aliphatic carbocycles. The number of sulfonamides is 1. The van der Waals surface area contributed by atoms with Crippen LogP contribution in [0, 0.1) is 5.82 Å². The van der Waals surface area contributed by atoms with Gasteiger partial charge in [-0.15, -0.1) is 0 Å². The molecule has 0 radical (unpaired) electrons. The number of nitrogens with one attached hydrogen (secondary N) is 1. The van der Waals surface area contributed by atoms with Crippen LogP contribution in [0.1, 0.15) is 0 Å². The van der Waals surface area contributed by atoms with Crippen LogP contribution in [0.5, 0.6) is 0 Å². The first-order valence-corrected chi connectivity index (χ1v) is 6.58. The van der Waals surface area contributed by atoms with Crippen molar-refractivity contribution in [1.29, 1.82) is 0 Å². The molecule has 2 rings (SSSR count). The SMILES string of the molecule is O=S(=O)(Nc1cncc(F)c1)c1ccc(Cl)nc1. The predicted octanol–water partition coefficient (Wildman–Crippen LogP) is 2.07. The van der Waals surface area contributed by atoms with Gasteiger partial charge in [0.15, 0.2) is 0 Å². The van der Waals surface area contributed by atoms with Crippen LogP contribution < -0.4 is 4.72 Å². The van der Waals surface area contributed by atoms with Gasteiger partial charge in [-0.05, 0) is 12.1 Å². The van der Waals surface area contributed by atoms with Gasteiger partial charge in [0.25, 0.3) is 10.0 Å². The molecular weight excluding hydrogens is 281 g/mol. The molecule has 0 amide bonds. The van der Waals surface area contributed by atoms with E-state index in [1.165, 1.54) is 18.3 Å². The van der Waals surface area contributed by atoms with Gasteiger partial charge >= 0.3 is 0 Å². The molecule has 0 aliphatic rings. The lowest BCUT2D eigenvalue weighted by Crippen LogP contribution is -2.13. The van der Waals surface area contributed by atoms with E-state index >= 15 is 0 Å². The number of pyridine rings is 2. The first-order chi connectivity index (χ1) is 8.47. The second-order valence-electron chi connectivity index (χ2n) is 3.31. The first kappa shape index (κ1) is 12.7. The minimum atomic E-state index is -3.82. The molecule has 5 nitrogen and oxygen atoms in total. The predicted molar refractivity (Wildman–Crippen MR) is 64.3 cm³/mol. The quantitative estimate of drug-likeness (QED) is 0.877. The van der Waals surface area contributed by atoms with Crippen LogP contribution in [-0.2, 0) is 10.0 Å². The molecule has 2 aromatic rings. The summed E-state index contributed by atoms with van der Waals surface area (Å²) in [5.74, 6) is -0.635. The molecular formula is C10H7ClFN3O2S. The molecule has 1 N–H and O–H groups in total. The minimum Gasteiger partial charge on any atom is -0.278 e. The van der Waals surface area contributed by atoms with Crippen LogP contribution in [0.4, 0.5) is 10.1 Å². The van der Waals surface area contributed by atoms with E-state index in [0.29, 0.717) is 0 Å². The molecule has 94 valence electrons. The molecule has 0 spiro atoms. The Morgan fingerprint density at radius 1 is 1.22 bits per heavy atom. The van der Waals surface area contributed by atoms with Crippen molar-refractivity contribution in [3.63, 3.8) is 0 Å². The number of hydrogen-bond donors (Lipinski definition) is 1. The van der Waals surface area contributed by atoms with Gasteiger partial charge in [0.05, 0.1) is 18.1 Å². The van der Waals surface area contributed by atoms with Gasteiger partial charge in [0.2, 0.25) is 0 Å². The van der Waals surface area contributed by atoms with Crippen LogP contribution in [0.15, 0.2) is 41.7 Å². The van der Waals surface area contributed by atoms with E-state index in [-0.39, 0.29) is 15.7 Å². The van der Waals surface area contributed by atoms with Crippen molar-refractivity contribution in [2.75, 3.05) is 4.72 Å². The van der Waals surface area contributed by atoms with E-state index in [1.807, 2.05) is 0 Å². The number of rotatable bonds is 3. The van der Waals surface area contributed by atoms with E-state index in [2.05, 4.69) is 14.7 Å². The third-order valence-corrected chi connectivity index (χ3v) is 3.56. The topological polar surface area (TPSA) is 72.0 Å². The highest BCUT2D eigenvalue weighted by Gasteiger charge is 2.14. The second kappa shape index (κ2) is 4.87. The molecule has 18 heavy (non-hydrogen) atoms. The van der Waals surface area contributed by atoms with Crippen LogP contribution in [0.2, 0.25) is 5.15 Å². The fourth-order valence-electron chi connectivity index (χ4n) is 1.20. The van der Waals surface area contributed by atoms with Crippen molar-refractivity contribution in [2.24, 2.45) is 0 Å². The Bertz CT molecular complexity index is 661. The van der Waals surface area contributed by atoms with Gasteiger partial charge in [0.1, 0.15) is 15.9 Å². The molecule has 0 bridgehead atoms. The highest BCUT2D eigenvalue weighted by molar-refractivity contribution is 7.92. The summed E-state index contributed by atoms with van der Waals surface area (Å²) in [4.78, 5) is 7.13. The van der Waals surface area contributed by atoms with Gasteiger partial charge in [0, 0.05) is 12.3 Å². The standard InChI is InChI=1S/C10H7ClFN3O2S/c11-10-2-1-9(6-14-10)18(16,17)15-8-3-7(12)4-13-5-8/h1-6,15H. The smallest absolute Gasteiger partial charge is 0.263 e. The van der Waals surface area contributed by atoms with Crippen molar-refractivity contribution >= 4 is 27.3 Å². The van der Waals surface area contributed by atoms with E-state index in [1.54, 1.807) is 0 Å². The molecule has 0 aliphatic heterocycles. The summed E-state index contributed by atoms with van der Waals surface area (Å²) in [6.45, 7) is 0. The maximum atomic E-state index is 12.9. The van der Waals surface area contributed by atoms with Crippen molar-refractivity contribution in [3.8, 4) is 0 Å². The Morgan fingerprint density at radius 2 is 2.00 bits per heavy atom. The van der Waals surface area contributed by atoms with Crippen LogP contribution >= 0.6 is 11.6 Å². The Morgan fingerprint density at radius 3 is 2.61 bits per heavy atom. The average Bonchev–Trinajstić information content (AvgIpc) is 2.29. The zero-order chi connectivity index (χ0) is 13.2. The van der Waals surface area contributed by atoms with Crippen LogP contribution in [-0.4, -0.2) is 18.4 Å². The third-order valence-electron chi connectivity index (χ3n) is 1.97. The average molecular weight is 288 g/mol. The molecule has 0 fully saturated rings. The lowest BCUT2D eigenvalue weighted by atomic mass is 10.4. The number of aromatic nitrogens is 2. The van der Waals surface area contributed by atoms with Crippen LogP contribution in [0.25, 0.3) is 0 Å². The van der Waals surface area contributed by atoms with Gasteiger partial charge in [-0.1, -0.05) is 11.6 Å². The van der Waals surface area contributed by atoms with Crippen LogP contribution in [0.3, 0.4) is 0 Å². The van der Waals surface area contributed by atoms with Gasteiger partial charge in [-0.25, -0.2) is 17.8 Å². The number of nitrogens with zero attached hydrogens (tertiary/aromatic N) is 2. The summed E-state index contributed by atoms with van der Waals surface area (Å²) in [6, 6.07) is 3.66. The summed E-state index contributed by atoms with van der Waals surface area (Å²) in [5.41, 5.74) is 0.0324. The highest BCUT2D eigenvalue weighted by Crippen LogP contribution is 2.16. The summed E-state index contributed by atoms with van der Waals surface area (Å²) in [7, 11) is -3.82. The summed E-state index contributed by atoms with van der Waals surface area (Å²) in [5, 5.41) is 0.182. The molecule has 2 aromatic heterocycles.